The Balaban J connectivity index is 2.04. The van der Waals surface area contributed by atoms with Gasteiger partial charge in [-0.3, -0.25) is 10.1 Å². The molecule has 0 amide bonds. The van der Waals surface area contributed by atoms with Crippen molar-refractivity contribution in [3.8, 4) is 11.3 Å². The van der Waals surface area contributed by atoms with Crippen molar-refractivity contribution in [2.75, 3.05) is 0 Å². The minimum Gasteiger partial charge on any atom is -0.480 e. The summed E-state index contributed by atoms with van der Waals surface area (Å²) in [5, 5.41) is 21.1. The molecule has 2 aromatic rings. The van der Waals surface area contributed by atoms with Crippen molar-refractivity contribution < 1.29 is 19.4 Å². The van der Waals surface area contributed by atoms with E-state index in [0.29, 0.717) is 18.1 Å². The predicted molar refractivity (Wildman–Crippen MR) is 78.7 cm³/mol. The highest BCUT2D eigenvalue weighted by Gasteiger charge is 2.11. The molecule has 0 saturated heterocycles. The number of carboxylic acids is 1. The molecule has 3 N–H and O–H groups in total. The largest absolute Gasteiger partial charge is 0.480 e. The maximum absolute atomic E-state index is 10.7. The second kappa shape index (κ2) is 6.56. The smallest absolute Gasteiger partial charge is 0.320 e. The van der Waals surface area contributed by atoms with Crippen molar-refractivity contribution in [1.29, 1.82) is 0 Å². The highest BCUT2D eigenvalue weighted by molar-refractivity contribution is 5.72. The van der Waals surface area contributed by atoms with E-state index < -0.39 is 18.1 Å². The number of carbonyl (C=O) groups is 1. The monoisotopic (exact) mass is 289 g/mol. The zero-order chi connectivity index (χ0) is 15.4. The van der Waals surface area contributed by atoms with Crippen molar-refractivity contribution >= 4 is 5.97 Å². The van der Waals surface area contributed by atoms with Gasteiger partial charge in [-0.1, -0.05) is 24.3 Å². The van der Waals surface area contributed by atoms with Gasteiger partial charge in [0, 0.05) is 5.56 Å². The summed E-state index contributed by atoms with van der Waals surface area (Å²) in [6.45, 7) is 3.66. The molecule has 5 nitrogen and oxygen atoms in total. The molecule has 0 radical (unpaired) electrons. The highest BCUT2D eigenvalue weighted by Crippen LogP contribution is 2.24. The van der Waals surface area contributed by atoms with Gasteiger partial charge in [0.1, 0.15) is 17.6 Å². The fraction of sp³-hybridized carbons (Fsp3) is 0.312. The lowest BCUT2D eigenvalue weighted by atomic mass is 10.1. The van der Waals surface area contributed by atoms with E-state index in [9.17, 15) is 9.90 Å². The number of aliphatic carboxylic acids is 1. The standard InChI is InChI=1S/C16H19NO4/c1-10(16(19)20)17-9-14-7-8-15(21-14)13-5-3-12(4-6-13)11(2)18/h3-8,10-11,17-18H,9H2,1-2H3,(H,19,20)/t10-,11+/m0/s1. The summed E-state index contributed by atoms with van der Waals surface area (Å²) in [7, 11) is 0. The van der Waals surface area contributed by atoms with Crippen LogP contribution in [-0.2, 0) is 11.3 Å². The maximum Gasteiger partial charge on any atom is 0.320 e. The van der Waals surface area contributed by atoms with Crippen molar-refractivity contribution in [1.82, 2.24) is 5.32 Å². The zero-order valence-corrected chi connectivity index (χ0v) is 12.0. The van der Waals surface area contributed by atoms with E-state index in [-0.39, 0.29) is 0 Å². The first-order valence-corrected chi connectivity index (χ1v) is 6.80. The van der Waals surface area contributed by atoms with Crippen LogP contribution in [0.2, 0.25) is 0 Å². The lowest BCUT2D eigenvalue weighted by Gasteiger charge is -2.07. The van der Waals surface area contributed by atoms with Gasteiger partial charge in [-0.05, 0) is 31.5 Å². The third-order valence-corrected chi connectivity index (χ3v) is 3.29. The average molecular weight is 289 g/mol. The molecule has 0 unspecified atom stereocenters. The molecule has 0 aliphatic heterocycles. The van der Waals surface area contributed by atoms with Gasteiger partial charge in [0.15, 0.2) is 0 Å². The van der Waals surface area contributed by atoms with Crippen LogP contribution in [0.4, 0.5) is 0 Å². The van der Waals surface area contributed by atoms with Crippen molar-refractivity contribution in [3.05, 3.63) is 47.7 Å². The summed E-state index contributed by atoms with van der Waals surface area (Å²) < 4.78 is 5.68. The molecule has 1 aromatic carbocycles. The maximum atomic E-state index is 10.7. The Kier molecular flexibility index (Phi) is 4.77. The minimum atomic E-state index is -0.893. The number of rotatable bonds is 6. The number of benzene rings is 1. The van der Waals surface area contributed by atoms with Crippen LogP contribution in [0.25, 0.3) is 11.3 Å². The van der Waals surface area contributed by atoms with E-state index >= 15 is 0 Å². The van der Waals surface area contributed by atoms with Gasteiger partial charge in [-0.25, -0.2) is 0 Å². The van der Waals surface area contributed by atoms with Crippen LogP contribution in [0.5, 0.6) is 0 Å². The molecule has 2 rings (SSSR count). The Bertz CT molecular complexity index is 601. The van der Waals surface area contributed by atoms with Gasteiger partial charge in [0.2, 0.25) is 0 Å². The summed E-state index contributed by atoms with van der Waals surface area (Å²) in [6.07, 6.45) is -0.493. The number of nitrogens with one attached hydrogen (secondary N) is 1. The first kappa shape index (κ1) is 15.3. The van der Waals surface area contributed by atoms with E-state index in [1.54, 1.807) is 13.8 Å². The molecule has 21 heavy (non-hydrogen) atoms. The first-order valence-electron chi connectivity index (χ1n) is 6.80. The van der Waals surface area contributed by atoms with E-state index in [1.807, 2.05) is 36.4 Å². The molecule has 0 spiro atoms. The van der Waals surface area contributed by atoms with Gasteiger partial charge >= 0.3 is 5.97 Å². The van der Waals surface area contributed by atoms with E-state index in [4.69, 9.17) is 9.52 Å². The summed E-state index contributed by atoms with van der Waals surface area (Å²) >= 11 is 0. The Labute approximate surface area is 123 Å². The van der Waals surface area contributed by atoms with Gasteiger partial charge in [0.25, 0.3) is 0 Å². The van der Waals surface area contributed by atoms with E-state index in [1.165, 1.54) is 0 Å². The number of aliphatic hydroxyl groups excluding tert-OH is 1. The SMILES string of the molecule is C[C@H](NCc1ccc(-c2ccc([C@@H](C)O)cc2)o1)C(=O)O. The molecule has 0 saturated carbocycles. The molecule has 2 atom stereocenters. The fourth-order valence-electron chi connectivity index (χ4n) is 1.89. The van der Waals surface area contributed by atoms with Crippen LogP contribution in [0, 0.1) is 0 Å². The number of aliphatic hydroxyl groups is 1. The Morgan fingerprint density at radius 2 is 1.86 bits per heavy atom. The van der Waals surface area contributed by atoms with Crippen LogP contribution < -0.4 is 5.32 Å². The summed E-state index contributed by atoms with van der Waals surface area (Å²) in [6, 6.07) is 10.5. The second-order valence-corrected chi connectivity index (χ2v) is 5.00. The topological polar surface area (TPSA) is 82.7 Å². The third kappa shape index (κ3) is 3.93. The predicted octanol–water partition coefficient (Wildman–Crippen LogP) is 2.56. The molecule has 112 valence electrons. The first-order chi connectivity index (χ1) is 9.97. The fourth-order valence-corrected chi connectivity index (χ4v) is 1.89. The van der Waals surface area contributed by atoms with Crippen molar-refractivity contribution in [3.63, 3.8) is 0 Å². The Morgan fingerprint density at radius 3 is 2.43 bits per heavy atom. The van der Waals surface area contributed by atoms with E-state index in [0.717, 1.165) is 11.1 Å². The third-order valence-electron chi connectivity index (χ3n) is 3.29. The molecule has 0 aliphatic rings. The van der Waals surface area contributed by atoms with Gasteiger partial charge in [0.05, 0.1) is 12.6 Å². The molecule has 1 heterocycles. The Morgan fingerprint density at radius 1 is 1.19 bits per heavy atom. The van der Waals surface area contributed by atoms with Crippen LogP contribution in [0.1, 0.15) is 31.3 Å². The van der Waals surface area contributed by atoms with E-state index in [2.05, 4.69) is 5.32 Å². The summed E-state index contributed by atoms with van der Waals surface area (Å²) in [5.41, 5.74) is 1.76. The number of hydrogen-bond acceptors (Lipinski definition) is 4. The number of furan rings is 1. The summed E-state index contributed by atoms with van der Waals surface area (Å²) in [4.78, 5) is 10.7. The van der Waals surface area contributed by atoms with Gasteiger partial charge in [-0.15, -0.1) is 0 Å². The second-order valence-electron chi connectivity index (χ2n) is 5.00. The lowest BCUT2D eigenvalue weighted by molar-refractivity contribution is -0.139. The van der Waals surface area contributed by atoms with Crippen LogP contribution >= 0.6 is 0 Å². The van der Waals surface area contributed by atoms with Crippen molar-refractivity contribution in [2.24, 2.45) is 0 Å². The quantitative estimate of drug-likeness (QED) is 0.761. The van der Waals surface area contributed by atoms with Crippen LogP contribution in [-0.4, -0.2) is 22.2 Å². The molecule has 0 fully saturated rings. The molecule has 0 bridgehead atoms. The van der Waals surface area contributed by atoms with Crippen LogP contribution in [0.15, 0.2) is 40.8 Å². The van der Waals surface area contributed by atoms with Crippen LogP contribution in [0.3, 0.4) is 0 Å². The number of carboxylic acid groups (broad SMARTS) is 1. The normalized spacial score (nSPS) is 13.9. The van der Waals surface area contributed by atoms with Gasteiger partial charge in [-0.2, -0.15) is 0 Å². The molecule has 0 aliphatic carbocycles. The Hall–Kier alpha value is -2.11. The average Bonchev–Trinajstić information content (AvgIpc) is 2.93. The summed E-state index contributed by atoms with van der Waals surface area (Å²) in [5.74, 6) is 0.500. The lowest BCUT2D eigenvalue weighted by Crippen LogP contribution is -2.32. The minimum absolute atomic E-state index is 0.360. The van der Waals surface area contributed by atoms with Crippen molar-refractivity contribution in [2.45, 2.75) is 32.5 Å². The van der Waals surface area contributed by atoms with Gasteiger partial charge < -0.3 is 14.6 Å². The zero-order valence-electron chi connectivity index (χ0n) is 12.0. The highest BCUT2D eigenvalue weighted by atomic mass is 16.4. The molecule has 5 heteroatoms. The molecular weight excluding hydrogens is 270 g/mol. The molecular formula is C16H19NO4. The molecule has 1 aromatic heterocycles. The number of hydrogen-bond donors (Lipinski definition) is 3.